The first kappa shape index (κ1) is 16.0. The number of hydrogen-bond acceptors (Lipinski definition) is 2. The topological polar surface area (TPSA) is 23.5 Å². The highest BCUT2D eigenvalue weighted by Gasteiger charge is 2.27. The summed E-state index contributed by atoms with van der Waals surface area (Å²) in [6.07, 6.45) is 3.06. The first-order chi connectivity index (χ1) is 9.52. The van der Waals surface area contributed by atoms with E-state index in [9.17, 15) is 5.11 Å². The van der Waals surface area contributed by atoms with Gasteiger partial charge in [0.1, 0.15) is 0 Å². The van der Waals surface area contributed by atoms with Crippen molar-refractivity contribution in [2.24, 2.45) is 11.8 Å². The van der Waals surface area contributed by atoms with Gasteiger partial charge in [-0.1, -0.05) is 41.9 Å². The summed E-state index contributed by atoms with van der Waals surface area (Å²) in [5.41, 5.74) is 1.41. The summed E-state index contributed by atoms with van der Waals surface area (Å²) in [5.74, 6) is 1.44. The molecule has 0 aromatic heterocycles. The van der Waals surface area contributed by atoms with E-state index >= 15 is 0 Å². The van der Waals surface area contributed by atoms with E-state index < -0.39 is 0 Å². The van der Waals surface area contributed by atoms with Gasteiger partial charge in [0.05, 0.1) is 6.10 Å². The number of nitrogens with zero attached hydrogens (tertiary/aromatic N) is 1. The predicted molar refractivity (Wildman–Crippen MR) is 87.9 cm³/mol. The lowest BCUT2D eigenvalue weighted by Crippen LogP contribution is -2.50. The Morgan fingerprint density at radius 1 is 1.30 bits per heavy atom. The lowest BCUT2D eigenvalue weighted by Gasteiger charge is -2.40. The van der Waals surface area contributed by atoms with Crippen molar-refractivity contribution in [3.8, 4) is 0 Å². The lowest BCUT2D eigenvalue weighted by atomic mass is 9.91. The van der Waals surface area contributed by atoms with Gasteiger partial charge in [-0.15, -0.1) is 0 Å². The Balaban J connectivity index is 1.65. The van der Waals surface area contributed by atoms with Crippen LogP contribution < -0.4 is 0 Å². The highest BCUT2D eigenvalue weighted by molar-refractivity contribution is 9.10. The zero-order valence-electron chi connectivity index (χ0n) is 12.6. The monoisotopic (exact) mass is 339 g/mol. The van der Waals surface area contributed by atoms with Crippen LogP contribution in [0.25, 0.3) is 0 Å². The second-order valence-corrected chi connectivity index (χ2v) is 7.46. The molecule has 0 bridgehead atoms. The molecule has 1 aliphatic rings. The van der Waals surface area contributed by atoms with E-state index in [0.29, 0.717) is 5.92 Å². The van der Waals surface area contributed by atoms with Crippen molar-refractivity contribution in [1.82, 2.24) is 4.90 Å². The molecule has 20 heavy (non-hydrogen) atoms. The normalized spacial score (nSPS) is 18.2. The van der Waals surface area contributed by atoms with E-state index in [-0.39, 0.29) is 6.10 Å². The van der Waals surface area contributed by atoms with E-state index in [2.05, 4.69) is 58.9 Å². The van der Waals surface area contributed by atoms with Crippen molar-refractivity contribution in [1.29, 1.82) is 0 Å². The van der Waals surface area contributed by atoms with Crippen molar-refractivity contribution in [2.45, 2.75) is 39.2 Å². The number of likely N-dealkylation sites (tertiary alicyclic amines) is 1. The Bertz CT molecular complexity index is 415. The van der Waals surface area contributed by atoms with Crippen molar-refractivity contribution >= 4 is 15.9 Å². The van der Waals surface area contributed by atoms with E-state index in [4.69, 9.17) is 0 Å². The fourth-order valence-electron chi connectivity index (χ4n) is 2.87. The smallest absolute Gasteiger partial charge is 0.0667 e. The van der Waals surface area contributed by atoms with Gasteiger partial charge in [0.25, 0.3) is 0 Å². The molecule has 1 N–H and O–H groups in total. The molecule has 1 fully saturated rings. The molecule has 3 heteroatoms. The van der Waals surface area contributed by atoms with Crippen LogP contribution in [0.15, 0.2) is 28.7 Å². The highest BCUT2D eigenvalue weighted by Crippen LogP contribution is 2.23. The largest absolute Gasteiger partial charge is 0.392 e. The van der Waals surface area contributed by atoms with Gasteiger partial charge in [-0.25, -0.2) is 0 Å². The molecular formula is C17H26BrNO. The minimum Gasteiger partial charge on any atom is -0.392 e. The van der Waals surface area contributed by atoms with Gasteiger partial charge in [0.2, 0.25) is 0 Å². The molecule has 1 aromatic rings. The average Bonchev–Trinajstić information content (AvgIpc) is 2.34. The number of aliphatic hydroxyl groups is 1. The summed E-state index contributed by atoms with van der Waals surface area (Å²) >= 11 is 3.52. The number of β-amino-alcohol motifs (C(OH)–C–C–N with tert-alkyl or cyclic N) is 1. The Labute approximate surface area is 131 Å². The van der Waals surface area contributed by atoms with Gasteiger partial charge >= 0.3 is 0 Å². The number of rotatable bonds is 7. The molecule has 0 saturated carbocycles. The maximum Gasteiger partial charge on any atom is 0.0667 e. The van der Waals surface area contributed by atoms with E-state index in [1.807, 2.05) is 0 Å². The average molecular weight is 340 g/mol. The fourth-order valence-corrected chi connectivity index (χ4v) is 3.31. The molecule has 0 aliphatic carbocycles. The summed E-state index contributed by atoms with van der Waals surface area (Å²) < 4.78 is 1.16. The van der Waals surface area contributed by atoms with E-state index in [0.717, 1.165) is 49.3 Å². The zero-order valence-corrected chi connectivity index (χ0v) is 14.1. The van der Waals surface area contributed by atoms with Crippen molar-refractivity contribution in [3.05, 3.63) is 34.3 Å². The molecule has 0 amide bonds. The Hall–Kier alpha value is -0.380. The van der Waals surface area contributed by atoms with Crippen LogP contribution >= 0.6 is 15.9 Å². The lowest BCUT2D eigenvalue weighted by molar-refractivity contribution is 0.0351. The summed E-state index contributed by atoms with van der Waals surface area (Å²) in [6, 6.07) is 8.58. The third-order valence-corrected chi connectivity index (χ3v) is 4.49. The van der Waals surface area contributed by atoms with Crippen LogP contribution in [0.4, 0.5) is 0 Å². The molecule has 2 rings (SSSR count). The summed E-state index contributed by atoms with van der Waals surface area (Å²) in [7, 11) is 0. The molecule has 112 valence electrons. The van der Waals surface area contributed by atoms with Crippen LogP contribution in [0.2, 0.25) is 0 Å². The predicted octanol–water partition coefficient (Wildman–Crippen LogP) is 3.72. The number of hydrogen-bond donors (Lipinski definition) is 1. The third-order valence-electron chi connectivity index (χ3n) is 3.99. The molecule has 2 nitrogen and oxygen atoms in total. The van der Waals surface area contributed by atoms with Gasteiger partial charge in [0.15, 0.2) is 0 Å². The molecular weight excluding hydrogens is 314 g/mol. The second kappa shape index (κ2) is 7.58. The van der Waals surface area contributed by atoms with E-state index in [1.165, 1.54) is 5.56 Å². The maximum atomic E-state index is 10.00. The Morgan fingerprint density at radius 3 is 2.70 bits per heavy atom. The molecule has 1 atom stereocenters. The van der Waals surface area contributed by atoms with Crippen LogP contribution in [0.5, 0.6) is 0 Å². The summed E-state index contributed by atoms with van der Waals surface area (Å²) in [5, 5.41) is 10.00. The molecule has 1 aliphatic heterocycles. The molecule has 1 heterocycles. The summed E-state index contributed by atoms with van der Waals surface area (Å²) in [4.78, 5) is 2.38. The number of benzene rings is 1. The first-order valence-electron chi connectivity index (χ1n) is 7.67. The van der Waals surface area contributed by atoms with Crippen molar-refractivity contribution in [2.75, 3.05) is 19.6 Å². The third kappa shape index (κ3) is 5.19. The fraction of sp³-hybridized carbons (Fsp3) is 0.647. The zero-order chi connectivity index (χ0) is 14.5. The van der Waals surface area contributed by atoms with Gasteiger partial charge in [-0.2, -0.15) is 0 Å². The van der Waals surface area contributed by atoms with Gasteiger partial charge in [-0.3, -0.25) is 0 Å². The molecule has 1 saturated heterocycles. The van der Waals surface area contributed by atoms with Crippen LogP contribution in [-0.4, -0.2) is 35.7 Å². The van der Waals surface area contributed by atoms with Crippen LogP contribution in [0, 0.1) is 11.8 Å². The highest BCUT2D eigenvalue weighted by atomic mass is 79.9. The standard InChI is InChI=1S/C17H26BrNO/c1-13(2)6-7-17(20)12-19-10-15(11-19)8-14-4-3-5-16(18)9-14/h3-5,9,13,15,17,20H,6-8,10-12H2,1-2H3. The second-order valence-electron chi connectivity index (χ2n) is 6.54. The Morgan fingerprint density at radius 2 is 2.05 bits per heavy atom. The van der Waals surface area contributed by atoms with Gasteiger partial charge in [0, 0.05) is 24.1 Å². The van der Waals surface area contributed by atoms with Gasteiger partial charge < -0.3 is 10.0 Å². The quantitative estimate of drug-likeness (QED) is 0.818. The minimum absolute atomic E-state index is 0.149. The number of aliphatic hydroxyl groups excluding tert-OH is 1. The van der Waals surface area contributed by atoms with Crippen LogP contribution in [0.3, 0.4) is 0 Å². The number of halogens is 1. The summed E-state index contributed by atoms with van der Waals surface area (Å²) in [6.45, 7) is 7.53. The van der Waals surface area contributed by atoms with Gasteiger partial charge in [-0.05, 0) is 48.8 Å². The van der Waals surface area contributed by atoms with Crippen molar-refractivity contribution < 1.29 is 5.11 Å². The maximum absolute atomic E-state index is 10.00. The SMILES string of the molecule is CC(C)CCC(O)CN1CC(Cc2cccc(Br)c2)C1. The molecule has 0 radical (unpaired) electrons. The van der Waals surface area contributed by atoms with Crippen molar-refractivity contribution in [3.63, 3.8) is 0 Å². The molecule has 1 aromatic carbocycles. The van der Waals surface area contributed by atoms with Crippen LogP contribution in [-0.2, 0) is 6.42 Å². The Kier molecular flexibility index (Phi) is 6.06. The van der Waals surface area contributed by atoms with E-state index in [1.54, 1.807) is 0 Å². The molecule has 1 unspecified atom stereocenters. The molecule has 0 spiro atoms. The first-order valence-corrected chi connectivity index (χ1v) is 8.47. The minimum atomic E-state index is -0.149. The van der Waals surface area contributed by atoms with Crippen LogP contribution in [0.1, 0.15) is 32.3 Å².